The molecule has 19 heavy (non-hydrogen) atoms. The van der Waals surface area contributed by atoms with Crippen LogP contribution >= 0.6 is 0 Å². The summed E-state index contributed by atoms with van der Waals surface area (Å²) in [6.45, 7) is 2.63. The maximum Gasteiger partial charge on any atom is 0.267 e. The number of nitrogens with two attached hydrogens (primary N) is 1. The number of fused-ring (bicyclic) bond motifs is 1. The lowest BCUT2D eigenvalue weighted by Crippen LogP contribution is -2.44. The van der Waals surface area contributed by atoms with Gasteiger partial charge in [0.2, 0.25) is 0 Å². The van der Waals surface area contributed by atoms with Crippen molar-refractivity contribution in [1.82, 2.24) is 0 Å². The Morgan fingerprint density at radius 3 is 2.89 bits per heavy atom. The zero-order chi connectivity index (χ0) is 13.8. The average Bonchev–Trinajstić information content (AvgIpc) is 2.43. The molecule has 0 bridgehead atoms. The van der Waals surface area contributed by atoms with Crippen LogP contribution in [0.15, 0.2) is 18.2 Å². The monoisotopic (exact) mass is 262 g/mol. The van der Waals surface area contributed by atoms with Crippen LogP contribution in [-0.2, 0) is 11.2 Å². The Labute approximate surface area is 114 Å². The van der Waals surface area contributed by atoms with E-state index in [1.807, 2.05) is 6.07 Å². The molecule has 1 aromatic rings. The highest BCUT2D eigenvalue weighted by Gasteiger charge is 2.31. The van der Waals surface area contributed by atoms with Gasteiger partial charge in [0.25, 0.3) is 5.91 Å². The Morgan fingerprint density at radius 1 is 1.42 bits per heavy atom. The molecule has 0 saturated carbocycles. The molecule has 0 fully saturated rings. The van der Waals surface area contributed by atoms with Gasteiger partial charge in [-0.1, -0.05) is 19.4 Å². The number of unbranched alkanes of at least 4 members (excludes halogenated alkanes) is 1. The molecule has 1 aliphatic rings. The molecule has 104 valence electrons. The quantitative estimate of drug-likeness (QED) is 0.884. The third-order valence-corrected chi connectivity index (χ3v) is 3.51. The minimum Gasteiger partial charge on any atom is -0.478 e. The highest BCUT2D eigenvalue weighted by atomic mass is 16.5. The van der Waals surface area contributed by atoms with Crippen molar-refractivity contribution in [2.45, 2.75) is 38.7 Å². The summed E-state index contributed by atoms with van der Waals surface area (Å²) >= 11 is 0. The number of nitrogens with zero attached hydrogens (tertiary/aromatic N) is 1. The summed E-state index contributed by atoms with van der Waals surface area (Å²) < 4.78 is 5.74. The molecule has 0 saturated heterocycles. The molecule has 1 aromatic carbocycles. The van der Waals surface area contributed by atoms with Gasteiger partial charge in [0.15, 0.2) is 6.10 Å². The highest BCUT2D eigenvalue weighted by molar-refractivity contribution is 5.99. The van der Waals surface area contributed by atoms with Gasteiger partial charge in [0, 0.05) is 13.5 Å². The van der Waals surface area contributed by atoms with E-state index in [-0.39, 0.29) is 5.91 Å². The van der Waals surface area contributed by atoms with E-state index in [4.69, 9.17) is 10.5 Å². The van der Waals surface area contributed by atoms with Crippen LogP contribution in [0.4, 0.5) is 5.69 Å². The Balaban J connectivity index is 2.23. The third-order valence-electron chi connectivity index (χ3n) is 3.51. The summed E-state index contributed by atoms with van der Waals surface area (Å²) in [5.74, 6) is 0.770. The number of anilines is 1. The molecule has 1 aliphatic heterocycles. The predicted octanol–water partition coefficient (Wildman–Crippen LogP) is 2.10. The molecule has 1 unspecified atom stereocenters. The van der Waals surface area contributed by atoms with Crippen LogP contribution in [0.25, 0.3) is 0 Å². The normalized spacial score (nSPS) is 18.2. The zero-order valence-corrected chi connectivity index (χ0v) is 11.7. The number of aryl methyl sites for hydroxylation is 1. The fourth-order valence-corrected chi connectivity index (χ4v) is 2.33. The molecule has 1 atom stereocenters. The Hall–Kier alpha value is -1.55. The number of rotatable bonds is 5. The molecule has 0 aliphatic carbocycles. The summed E-state index contributed by atoms with van der Waals surface area (Å²) in [6, 6.07) is 6.10. The molecule has 4 heteroatoms. The van der Waals surface area contributed by atoms with E-state index in [0.29, 0.717) is 13.0 Å². The molecule has 1 amide bonds. The van der Waals surface area contributed by atoms with Gasteiger partial charge in [-0.15, -0.1) is 0 Å². The molecule has 0 radical (unpaired) electrons. The Morgan fingerprint density at radius 2 is 2.21 bits per heavy atom. The highest BCUT2D eigenvalue weighted by Crippen LogP contribution is 2.34. The van der Waals surface area contributed by atoms with Crippen molar-refractivity contribution in [2.75, 3.05) is 18.5 Å². The van der Waals surface area contributed by atoms with Crippen LogP contribution in [-0.4, -0.2) is 25.6 Å². The predicted molar refractivity (Wildman–Crippen MR) is 76.6 cm³/mol. The standard InChI is InChI=1S/C15H22N2O2/c1-3-4-5-11-6-7-13-12(10-11)17(2)15(18)14(19-13)8-9-16/h6-7,10,14H,3-5,8-9,16H2,1-2H3. The first-order chi connectivity index (χ1) is 9.17. The fourth-order valence-electron chi connectivity index (χ4n) is 2.33. The molecule has 0 aromatic heterocycles. The number of amides is 1. The molecular weight excluding hydrogens is 240 g/mol. The zero-order valence-electron chi connectivity index (χ0n) is 11.7. The number of hydrogen-bond acceptors (Lipinski definition) is 3. The lowest BCUT2D eigenvalue weighted by atomic mass is 10.0. The number of benzene rings is 1. The van der Waals surface area contributed by atoms with Crippen LogP contribution in [0.2, 0.25) is 0 Å². The Kier molecular flexibility index (Phi) is 4.43. The smallest absolute Gasteiger partial charge is 0.267 e. The first-order valence-corrected chi connectivity index (χ1v) is 6.94. The maximum absolute atomic E-state index is 12.1. The lowest BCUT2D eigenvalue weighted by molar-refractivity contribution is -0.126. The van der Waals surface area contributed by atoms with Crippen LogP contribution in [0.1, 0.15) is 31.7 Å². The third kappa shape index (κ3) is 2.89. The van der Waals surface area contributed by atoms with Gasteiger partial charge < -0.3 is 15.4 Å². The van der Waals surface area contributed by atoms with Crippen LogP contribution in [0.3, 0.4) is 0 Å². The van der Waals surface area contributed by atoms with Crippen molar-refractivity contribution in [2.24, 2.45) is 5.73 Å². The minimum absolute atomic E-state index is 0.00871. The van der Waals surface area contributed by atoms with Gasteiger partial charge in [0.05, 0.1) is 5.69 Å². The van der Waals surface area contributed by atoms with E-state index in [0.717, 1.165) is 24.3 Å². The number of ether oxygens (including phenoxy) is 1. The van der Waals surface area contributed by atoms with Crippen LogP contribution < -0.4 is 15.4 Å². The van der Waals surface area contributed by atoms with Crippen LogP contribution in [0, 0.1) is 0 Å². The van der Waals surface area contributed by atoms with E-state index in [1.54, 1.807) is 11.9 Å². The minimum atomic E-state index is -0.441. The average molecular weight is 262 g/mol. The van der Waals surface area contributed by atoms with Gasteiger partial charge in [-0.25, -0.2) is 0 Å². The van der Waals surface area contributed by atoms with Crippen molar-refractivity contribution in [3.63, 3.8) is 0 Å². The second kappa shape index (κ2) is 6.06. The number of carbonyl (C=O) groups is 1. The van der Waals surface area contributed by atoms with Crippen LogP contribution in [0.5, 0.6) is 5.75 Å². The summed E-state index contributed by atoms with van der Waals surface area (Å²) in [4.78, 5) is 13.8. The van der Waals surface area contributed by atoms with E-state index < -0.39 is 6.10 Å². The number of hydrogen-bond donors (Lipinski definition) is 1. The Bertz CT molecular complexity index is 459. The SMILES string of the molecule is CCCCc1ccc2c(c1)N(C)C(=O)C(CCN)O2. The van der Waals surface area contributed by atoms with Gasteiger partial charge in [0.1, 0.15) is 5.75 Å². The number of likely N-dealkylation sites (N-methyl/N-ethyl adjacent to an activating group) is 1. The molecule has 2 rings (SSSR count). The van der Waals surface area contributed by atoms with E-state index in [9.17, 15) is 4.79 Å². The molecule has 0 spiro atoms. The van der Waals surface area contributed by atoms with Gasteiger partial charge in [-0.05, 0) is 37.1 Å². The van der Waals surface area contributed by atoms with Gasteiger partial charge >= 0.3 is 0 Å². The second-order valence-corrected chi connectivity index (χ2v) is 4.99. The van der Waals surface area contributed by atoms with Crippen molar-refractivity contribution >= 4 is 11.6 Å². The number of carbonyl (C=O) groups excluding carboxylic acids is 1. The van der Waals surface area contributed by atoms with Crippen molar-refractivity contribution in [3.05, 3.63) is 23.8 Å². The van der Waals surface area contributed by atoms with Crippen molar-refractivity contribution in [3.8, 4) is 5.75 Å². The first-order valence-electron chi connectivity index (χ1n) is 6.94. The lowest BCUT2D eigenvalue weighted by Gasteiger charge is -2.32. The van der Waals surface area contributed by atoms with E-state index in [2.05, 4.69) is 19.1 Å². The summed E-state index contributed by atoms with van der Waals surface area (Å²) in [6.07, 6.45) is 3.48. The first kappa shape index (κ1) is 13.9. The van der Waals surface area contributed by atoms with E-state index in [1.165, 1.54) is 12.0 Å². The second-order valence-electron chi connectivity index (χ2n) is 4.99. The van der Waals surface area contributed by atoms with E-state index >= 15 is 0 Å². The van der Waals surface area contributed by atoms with Gasteiger partial charge in [-0.3, -0.25) is 4.79 Å². The largest absolute Gasteiger partial charge is 0.478 e. The van der Waals surface area contributed by atoms with Crippen molar-refractivity contribution in [1.29, 1.82) is 0 Å². The summed E-state index contributed by atoms with van der Waals surface area (Å²) in [5.41, 5.74) is 7.63. The maximum atomic E-state index is 12.1. The topological polar surface area (TPSA) is 55.6 Å². The fraction of sp³-hybridized carbons (Fsp3) is 0.533. The summed E-state index contributed by atoms with van der Waals surface area (Å²) in [5, 5.41) is 0. The molecule has 2 N–H and O–H groups in total. The molecular formula is C15H22N2O2. The van der Waals surface area contributed by atoms with Crippen molar-refractivity contribution < 1.29 is 9.53 Å². The molecule has 1 heterocycles. The summed E-state index contributed by atoms with van der Waals surface area (Å²) in [7, 11) is 1.80. The van der Waals surface area contributed by atoms with Gasteiger partial charge in [-0.2, -0.15) is 0 Å². The molecule has 4 nitrogen and oxygen atoms in total.